The first-order chi connectivity index (χ1) is 17.2. The van der Waals surface area contributed by atoms with Crippen LogP contribution in [0.3, 0.4) is 0 Å². The normalized spacial score (nSPS) is 15.6. The third-order valence-electron chi connectivity index (χ3n) is 6.97. The van der Waals surface area contributed by atoms with Gasteiger partial charge in [-0.1, -0.05) is 41.4 Å². The lowest BCUT2D eigenvalue weighted by Gasteiger charge is -2.37. The lowest BCUT2D eigenvalue weighted by molar-refractivity contribution is 0.0989. The van der Waals surface area contributed by atoms with E-state index in [0.717, 1.165) is 27.9 Å². The number of carbonyl (C=O) groups excluding carboxylic acids is 1. The molecule has 1 aromatic heterocycles. The Morgan fingerprint density at radius 1 is 1.08 bits per heavy atom. The van der Waals surface area contributed by atoms with Crippen molar-refractivity contribution in [2.75, 3.05) is 12.0 Å². The maximum Gasteiger partial charge on any atom is 0.279 e. The zero-order valence-electron chi connectivity index (χ0n) is 20.1. The molecule has 4 aromatic rings. The van der Waals surface area contributed by atoms with E-state index in [-0.39, 0.29) is 17.5 Å². The van der Waals surface area contributed by atoms with Gasteiger partial charge in [-0.3, -0.25) is 9.69 Å². The Hall–Kier alpha value is -3.35. The van der Waals surface area contributed by atoms with Crippen LogP contribution in [-0.4, -0.2) is 22.6 Å². The highest BCUT2D eigenvalue weighted by Crippen LogP contribution is 2.56. The largest absolute Gasteiger partial charge is 0.496 e. The number of aromatic nitrogens is 2. The number of anilines is 1. The Kier molecular flexibility index (Phi) is 5.18. The molecule has 2 aliphatic heterocycles. The van der Waals surface area contributed by atoms with Crippen molar-refractivity contribution in [1.82, 2.24) is 9.55 Å². The molecule has 2 aliphatic rings. The Bertz CT molecular complexity index is 1590. The van der Waals surface area contributed by atoms with Crippen LogP contribution < -0.4 is 9.64 Å². The van der Waals surface area contributed by atoms with Crippen LogP contribution in [0.4, 0.5) is 10.1 Å². The highest BCUT2D eigenvalue weighted by molar-refractivity contribution is 6.35. The molecule has 0 spiro atoms. The first-order valence-corrected chi connectivity index (χ1v) is 12.4. The highest BCUT2D eigenvalue weighted by atomic mass is 35.5. The van der Waals surface area contributed by atoms with Gasteiger partial charge in [0.1, 0.15) is 23.4 Å². The summed E-state index contributed by atoms with van der Waals surface area (Å²) in [6.45, 7) is 5.94. The van der Waals surface area contributed by atoms with E-state index in [0.29, 0.717) is 33.0 Å². The van der Waals surface area contributed by atoms with Gasteiger partial charge in [0.15, 0.2) is 5.69 Å². The number of rotatable bonds is 3. The first kappa shape index (κ1) is 23.1. The van der Waals surface area contributed by atoms with Gasteiger partial charge in [-0.25, -0.2) is 9.37 Å². The van der Waals surface area contributed by atoms with E-state index in [9.17, 15) is 4.79 Å². The van der Waals surface area contributed by atoms with Gasteiger partial charge < -0.3 is 9.30 Å². The predicted molar refractivity (Wildman–Crippen MR) is 140 cm³/mol. The molecule has 3 heterocycles. The number of carbonyl (C=O) groups is 1. The predicted octanol–water partition coefficient (Wildman–Crippen LogP) is 7.62. The second-order valence-electron chi connectivity index (χ2n) is 9.35. The smallest absolute Gasteiger partial charge is 0.279 e. The molecule has 1 atom stereocenters. The van der Waals surface area contributed by atoms with Crippen LogP contribution >= 0.6 is 23.2 Å². The first-order valence-electron chi connectivity index (χ1n) is 11.6. The topological polar surface area (TPSA) is 47.4 Å². The van der Waals surface area contributed by atoms with Crippen molar-refractivity contribution in [3.05, 3.63) is 86.9 Å². The molecule has 0 saturated heterocycles. The summed E-state index contributed by atoms with van der Waals surface area (Å²) in [6, 6.07) is 13.4. The second kappa shape index (κ2) is 8.08. The summed E-state index contributed by atoms with van der Waals surface area (Å²) in [6.07, 6.45) is 0. The quantitative estimate of drug-likeness (QED) is 0.278. The number of ether oxygens (including phenoxy) is 1. The van der Waals surface area contributed by atoms with Crippen molar-refractivity contribution in [3.8, 4) is 28.3 Å². The van der Waals surface area contributed by atoms with Crippen LogP contribution in [0.15, 0.2) is 48.5 Å². The lowest BCUT2D eigenvalue weighted by atomic mass is 9.86. The van der Waals surface area contributed by atoms with Crippen LogP contribution in [-0.2, 0) is 0 Å². The molecule has 1 unspecified atom stereocenters. The molecule has 8 heteroatoms. The second-order valence-corrected chi connectivity index (χ2v) is 10.2. The summed E-state index contributed by atoms with van der Waals surface area (Å²) in [5.41, 5.74) is 5.42. The van der Waals surface area contributed by atoms with Crippen molar-refractivity contribution in [2.24, 2.45) is 0 Å². The number of hydrogen-bond donors (Lipinski definition) is 0. The van der Waals surface area contributed by atoms with E-state index < -0.39 is 11.9 Å². The van der Waals surface area contributed by atoms with Gasteiger partial charge in [-0.15, -0.1) is 0 Å². The lowest BCUT2D eigenvalue weighted by Crippen LogP contribution is -2.34. The van der Waals surface area contributed by atoms with Gasteiger partial charge in [0, 0.05) is 16.6 Å². The van der Waals surface area contributed by atoms with Crippen molar-refractivity contribution in [1.29, 1.82) is 0 Å². The average molecular weight is 522 g/mol. The number of nitrogens with zero attached hydrogens (tertiary/aromatic N) is 3. The van der Waals surface area contributed by atoms with Gasteiger partial charge in [0.05, 0.1) is 29.1 Å². The van der Waals surface area contributed by atoms with Gasteiger partial charge in [0.2, 0.25) is 0 Å². The SMILES string of the molecule is COc1cccc(F)c1-c1nc2c(n1C(C)C)C1c3ccc(Cl)cc3-c3c(Cl)ccc(C)c3N1C2=O. The van der Waals surface area contributed by atoms with Gasteiger partial charge >= 0.3 is 0 Å². The molecular weight excluding hydrogens is 500 g/mol. The molecule has 0 fully saturated rings. The maximum absolute atomic E-state index is 15.2. The molecule has 1 amide bonds. The number of methoxy groups -OCH3 is 1. The molecular formula is C28H22Cl2FN3O2. The van der Waals surface area contributed by atoms with Crippen LogP contribution in [0.5, 0.6) is 5.75 Å². The molecule has 5 nitrogen and oxygen atoms in total. The number of imidazole rings is 1. The van der Waals surface area contributed by atoms with Crippen molar-refractivity contribution >= 4 is 34.8 Å². The van der Waals surface area contributed by atoms with E-state index in [2.05, 4.69) is 0 Å². The molecule has 0 bridgehead atoms. The monoisotopic (exact) mass is 521 g/mol. The maximum atomic E-state index is 15.2. The molecule has 3 aromatic carbocycles. The molecule has 36 heavy (non-hydrogen) atoms. The summed E-state index contributed by atoms with van der Waals surface area (Å²) in [5.74, 6) is 0.00181. The van der Waals surface area contributed by atoms with Crippen LogP contribution in [0.1, 0.15) is 53.2 Å². The minimum absolute atomic E-state index is 0.120. The third kappa shape index (κ3) is 3.01. The zero-order valence-corrected chi connectivity index (χ0v) is 21.6. The van der Waals surface area contributed by atoms with E-state index in [1.807, 2.05) is 55.7 Å². The minimum atomic E-state index is -0.467. The van der Waals surface area contributed by atoms with Crippen molar-refractivity contribution < 1.29 is 13.9 Å². The van der Waals surface area contributed by atoms with E-state index in [1.54, 1.807) is 17.0 Å². The molecule has 0 radical (unpaired) electrons. The minimum Gasteiger partial charge on any atom is -0.496 e. The Morgan fingerprint density at radius 3 is 2.58 bits per heavy atom. The van der Waals surface area contributed by atoms with Crippen LogP contribution in [0, 0.1) is 12.7 Å². The Balaban J connectivity index is 1.70. The molecule has 0 N–H and O–H groups in total. The third-order valence-corrected chi connectivity index (χ3v) is 7.52. The zero-order chi connectivity index (χ0) is 25.5. The van der Waals surface area contributed by atoms with E-state index >= 15 is 4.39 Å². The number of benzene rings is 3. The summed E-state index contributed by atoms with van der Waals surface area (Å²) >= 11 is 13.1. The Labute approximate surface area is 218 Å². The summed E-state index contributed by atoms with van der Waals surface area (Å²) < 4.78 is 22.6. The summed E-state index contributed by atoms with van der Waals surface area (Å²) in [7, 11) is 1.49. The Morgan fingerprint density at radius 2 is 1.86 bits per heavy atom. The fourth-order valence-corrected chi connectivity index (χ4v) is 5.97. The fraction of sp³-hybridized carbons (Fsp3) is 0.214. The van der Waals surface area contributed by atoms with Gasteiger partial charge in [0.25, 0.3) is 5.91 Å². The highest BCUT2D eigenvalue weighted by Gasteiger charge is 2.49. The standard InChI is InChI=1S/C28H22Cl2FN3O2/c1-13(2)33-26-23(32-27(33)22-19(31)6-5-7-20(22)36-4)28(35)34-24-14(3)8-11-18(30)21(24)17-12-15(29)9-10-16(17)25(26)34/h5-13,25H,1-4H3. The summed E-state index contributed by atoms with van der Waals surface area (Å²) in [4.78, 5) is 20.6. The average Bonchev–Trinajstić information content (AvgIpc) is 3.36. The van der Waals surface area contributed by atoms with Crippen LogP contribution in [0.2, 0.25) is 10.0 Å². The number of fused-ring (bicyclic) bond motifs is 8. The number of amides is 1. The molecule has 182 valence electrons. The number of halogens is 3. The fourth-order valence-electron chi connectivity index (χ4n) is 5.55. The molecule has 0 saturated carbocycles. The van der Waals surface area contributed by atoms with Crippen molar-refractivity contribution in [2.45, 2.75) is 32.9 Å². The number of hydrogen-bond acceptors (Lipinski definition) is 3. The molecule has 0 aliphatic carbocycles. The number of aryl methyl sites for hydroxylation is 1. The summed E-state index contributed by atoms with van der Waals surface area (Å²) in [5, 5.41) is 1.11. The van der Waals surface area contributed by atoms with Crippen LogP contribution in [0.25, 0.3) is 22.5 Å². The molecule has 6 rings (SSSR count). The van der Waals surface area contributed by atoms with Crippen molar-refractivity contribution in [3.63, 3.8) is 0 Å². The van der Waals surface area contributed by atoms with E-state index in [4.69, 9.17) is 32.9 Å². The van der Waals surface area contributed by atoms with Gasteiger partial charge in [-0.05, 0) is 67.8 Å². The van der Waals surface area contributed by atoms with Gasteiger partial charge in [-0.2, -0.15) is 0 Å². The van der Waals surface area contributed by atoms with E-state index in [1.165, 1.54) is 13.2 Å².